The molecular formula is C15H19N3O2. The van der Waals surface area contributed by atoms with Crippen molar-refractivity contribution >= 4 is 11.8 Å². The molecule has 5 nitrogen and oxygen atoms in total. The number of carbonyl (C=O) groups is 1. The van der Waals surface area contributed by atoms with Gasteiger partial charge in [0.2, 0.25) is 0 Å². The van der Waals surface area contributed by atoms with Gasteiger partial charge < -0.3 is 9.64 Å². The molecular weight excluding hydrogens is 254 g/mol. The van der Waals surface area contributed by atoms with Crippen molar-refractivity contribution in [3.05, 3.63) is 22.9 Å². The van der Waals surface area contributed by atoms with Crippen molar-refractivity contribution < 1.29 is 9.53 Å². The van der Waals surface area contributed by atoms with Gasteiger partial charge in [0.25, 0.3) is 0 Å². The lowest BCUT2D eigenvalue weighted by Crippen LogP contribution is -2.25. The maximum Gasteiger partial charge on any atom is 0.310 e. The Bertz CT molecular complexity index is 577. The summed E-state index contributed by atoms with van der Waals surface area (Å²) in [5.41, 5.74) is 2.39. The summed E-state index contributed by atoms with van der Waals surface area (Å²) in [4.78, 5) is 18.3. The second-order valence-corrected chi connectivity index (χ2v) is 5.40. The van der Waals surface area contributed by atoms with E-state index < -0.39 is 0 Å². The monoisotopic (exact) mass is 273 g/mol. The summed E-state index contributed by atoms with van der Waals surface area (Å²) in [6.07, 6.45) is 0. The van der Waals surface area contributed by atoms with Crippen LogP contribution in [-0.2, 0) is 9.53 Å². The number of methoxy groups -OCH3 is 1. The van der Waals surface area contributed by atoms with Gasteiger partial charge in [-0.25, -0.2) is 4.98 Å². The lowest BCUT2D eigenvalue weighted by atomic mass is 9.99. The largest absolute Gasteiger partial charge is 0.469 e. The van der Waals surface area contributed by atoms with Crippen molar-refractivity contribution in [3.8, 4) is 6.07 Å². The van der Waals surface area contributed by atoms with Crippen LogP contribution in [0.5, 0.6) is 0 Å². The van der Waals surface area contributed by atoms with Crippen LogP contribution in [0.3, 0.4) is 0 Å². The van der Waals surface area contributed by atoms with Gasteiger partial charge in [-0.1, -0.05) is 6.92 Å². The molecule has 0 spiro atoms. The Labute approximate surface area is 119 Å². The van der Waals surface area contributed by atoms with E-state index >= 15 is 0 Å². The molecule has 2 rings (SSSR count). The van der Waals surface area contributed by atoms with E-state index in [4.69, 9.17) is 4.74 Å². The highest BCUT2D eigenvalue weighted by Crippen LogP contribution is 2.31. The first kappa shape index (κ1) is 14.3. The SMILES string of the molecule is COC(=O)C1CN(c2nc(C)cc(C)c2C#N)CC1C. The van der Waals surface area contributed by atoms with Gasteiger partial charge in [-0.3, -0.25) is 4.79 Å². The summed E-state index contributed by atoms with van der Waals surface area (Å²) < 4.78 is 4.84. The molecule has 0 radical (unpaired) electrons. The van der Waals surface area contributed by atoms with Gasteiger partial charge >= 0.3 is 5.97 Å². The molecule has 1 fully saturated rings. The summed E-state index contributed by atoms with van der Waals surface area (Å²) in [6, 6.07) is 4.12. The number of aromatic nitrogens is 1. The van der Waals surface area contributed by atoms with Gasteiger partial charge in [-0.05, 0) is 31.4 Å². The van der Waals surface area contributed by atoms with Crippen molar-refractivity contribution in [3.63, 3.8) is 0 Å². The third kappa shape index (κ3) is 2.46. The molecule has 1 saturated heterocycles. The van der Waals surface area contributed by atoms with Crippen molar-refractivity contribution in [2.75, 3.05) is 25.1 Å². The highest BCUT2D eigenvalue weighted by Gasteiger charge is 2.37. The quantitative estimate of drug-likeness (QED) is 0.769. The lowest BCUT2D eigenvalue weighted by Gasteiger charge is -2.20. The van der Waals surface area contributed by atoms with E-state index in [2.05, 4.69) is 11.1 Å². The van der Waals surface area contributed by atoms with E-state index in [9.17, 15) is 10.1 Å². The zero-order chi connectivity index (χ0) is 14.9. The predicted octanol–water partition coefficient (Wildman–Crippen LogP) is 1.82. The summed E-state index contributed by atoms with van der Waals surface area (Å²) in [6.45, 7) is 7.11. The number of ether oxygens (including phenoxy) is 1. The van der Waals surface area contributed by atoms with Gasteiger partial charge in [-0.2, -0.15) is 5.26 Å². The highest BCUT2D eigenvalue weighted by molar-refractivity contribution is 5.75. The van der Waals surface area contributed by atoms with Crippen LogP contribution in [-0.4, -0.2) is 31.2 Å². The van der Waals surface area contributed by atoms with Crippen LogP contribution in [0.25, 0.3) is 0 Å². The molecule has 1 aromatic heterocycles. The molecule has 20 heavy (non-hydrogen) atoms. The first-order valence-electron chi connectivity index (χ1n) is 6.69. The first-order chi connectivity index (χ1) is 9.47. The van der Waals surface area contributed by atoms with E-state index in [1.54, 1.807) is 0 Å². The van der Waals surface area contributed by atoms with E-state index in [0.717, 1.165) is 11.3 Å². The minimum absolute atomic E-state index is 0.158. The third-order valence-corrected chi connectivity index (χ3v) is 3.85. The van der Waals surface area contributed by atoms with Crippen molar-refractivity contribution in [2.24, 2.45) is 11.8 Å². The Morgan fingerprint density at radius 2 is 2.20 bits per heavy atom. The fraction of sp³-hybridized carbons (Fsp3) is 0.533. The number of carbonyl (C=O) groups excluding carboxylic acids is 1. The maximum absolute atomic E-state index is 11.8. The van der Waals surface area contributed by atoms with E-state index in [1.807, 2.05) is 31.7 Å². The smallest absolute Gasteiger partial charge is 0.310 e. The van der Waals surface area contributed by atoms with Gasteiger partial charge in [-0.15, -0.1) is 0 Å². The molecule has 0 saturated carbocycles. The molecule has 106 valence electrons. The number of anilines is 1. The molecule has 0 aliphatic carbocycles. The van der Waals surface area contributed by atoms with Crippen LogP contribution in [0.2, 0.25) is 0 Å². The molecule has 2 atom stereocenters. The topological polar surface area (TPSA) is 66.2 Å². The summed E-state index contributed by atoms with van der Waals surface area (Å²) in [7, 11) is 1.41. The van der Waals surface area contributed by atoms with Crippen LogP contribution < -0.4 is 4.90 Å². The average molecular weight is 273 g/mol. The Hall–Kier alpha value is -2.09. The summed E-state index contributed by atoms with van der Waals surface area (Å²) >= 11 is 0. The predicted molar refractivity (Wildman–Crippen MR) is 75.3 cm³/mol. The number of hydrogen-bond acceptors (Lipinski definition) is 5. The van der Waals surface area contributed by atoms with E-state index in [0.29, 0.717) is 24.5 Å². The molecule has 0 aromatic carbocycles. The third-order valence-electron chi connectivity index (χ3n) is 3.85. The number of nitrogens with zero attached hydrogens (tertiary/aromatic N) is 3. The summed E-state index contributed by atoms with van der Waals surface area (Å²) in [5, 5.41) is 9.33. The van der Waals surface area contributed by atoms with Crippen molar-refractivity contribution in [1.29, 1.82) is 5.26 Å². The molecule has 1 aromatic rings. The fourth-order valence-corrected chi connectivity index (χ4v) is 2.78. The molecule has 1 aliphatic heterocycles. The van der Waals surface area contributed by atoms with Crippen LogP contribution >= 0.6 is 0 Å². The standard InChI is InChI=1S/C15H19N3O2/c1-9-5-11(3)17-14(12(9)6-16)18-7-10(2)13(8-18)15(19)20-4/h5,10,13H,7-8H2,1-4H3. The lowest BCUT2D eigenvalue weighted by molar-refractivity contribution is -0.145. The van der Waals surface area contributed by atoms with Crippen molar-refractivity contribution in [1.82, 2.24) is 4.98 Å². The van der Waals surface area contributed by atoms with E-state index in [-0.39, 0.29) is 17.8 Å². The van der Waals surface area contributed by atoms with Crippen LogP contribution in [0.15, 0.2) is 6.07 Å². The minimum atomic E-state index is -0.192. The van der Waals surface area contributed by atoms with Crippen LogP contribution in [0.4, 0.5) is 5.82 Å². The maximum atomic E-state index is 11.8. The Balaban J connectivity index is 2.35. The molecule has 1 aliphatic rings. The molecule has 0 amide bonds. The number of hydrogen-bond donors (Lipinski definition) is 0. The molecule has 2 heterocycles. The molecule has 2 unspecified atom stereocenters. The molecule has 0 N–H and O–H groups in total. The zero-order valence-electron chi connectivity index (χ0n) is 12.3. The van der Waals surface area contributed by atoms with Gasteiger partial charge in [0, 0.05) is 18.8 Å². The zero-order valence-corrected chi connectivity index (χ0v) is 12.3. The number of rotatable bonds is 2. The molecule has 0 bridgehead atoms. The number of aryl methyl sites for hydroxylation is 2. The van der Waals surface area contributed by atoms with Gasteiger partial charge in [0.05, 0.1) is 18.6 Å². The Morgan fingerprint density at radius 1 is 1.50 bits per heavy atom. The van der Waals surface area contributed by atoms with Gasteiger partial charge in [0.1, 0.15) is 11.9 Å². The highest BCUT2D eigenvalue weighted by atomic mass is 16.5. The van der Waals surface area contributed by atoms with E-state index in [1.165, 1.54) is 7.11 Å². The van der Waals surface area contributed by atoms with Crippen LogP contribution in [0, 0.1) is 37.0 Å². The number of nitriles is 1. The number of esters is 1. The fourth-order valence-electron chi connectivity index (χ4n) is 2.78. The first-order valence-corrected chi connectivity index (χ1v) is 6.69. The second-order valence-electron chi connectivity index (χ2n) is 5.40. The second kappa shape index (κ2) is 5.49. The Morgan fingerprint density at radius 3 is 2.80 bits per heavy atom. The molecule has 5 heteroatoms. The summed E-state index contributed by atoms with van der Waals surface area (Å²) in [5.74, 6) is 0.525. The van der Waals surface area contributed by atoms with Crippen molar-refractivity contribution in [2.45, 2.75) is 20.8 Å². The normalized spacial score (nSPS) is 21.6. The van der Waals surface area contributed by atoms with Crippen LogP contribution in [0.1, 0.15) is 23.7 Å². The number of pyridine rings is 1. The average Bonchev–Trinajstić information content (AvgIpc) is 2.79. The Kier molecular flexibility index (Phi) is 3.93. The van der Waals surface area contributed by atoms with Gasteiger partial charge in [0.15, 0.2) is 0 Å². The minimum Gasteiger partial charge on any atom is -0.469 e.